The number of aromatic amines is 1. The lowest BCUT2D eigenvalue weighted by Crippen LogP contribution is -2.26. The Morgan fingerprint density at radius 2 is 2.33 bits per heavy atom. The van der Waals surface area contributed by atoms with Gasteiger partial charge in [0.15, 0.2) is 0 Å². The monoisotopic (exact) mass is 284 g/mol. The summed E-state index contributed by atoms with van der Waals surface area (Å²) < 4.78 is 0. The number of nitrogens with one attached hydrogen (secondary N) is 1. The second-order valence-electron chi connectivity index (χ2n) is 6.01. The van der Waals surface area contributed by atoms with Gasteiger partial charge < -0.3 is 15.0 Å². The zero-order valence-corrected chi connectivity index (χ0v) is 12.7. The fourth-order valence-corrected chi connectivity index (χ4v) is 3.25. The number of aliphatic hydroxyl groups excluding tert-OH is 1. The molecule has 3 heteroatoms. The van der Waals surface area contributed by atoms with Crippen molar-refractivity contribution in [2.24, 2.45) is 0 Å². The van der Waals surface area contributed by atoms with Crippen LogP contribution in [0.15, 0.2) is 30.5 Å². The lowest BCUT2D eigenvalue weighted by atomic mass is 10.0. The van der Waals surface area contributed by atoms with Gasteiger partial charge >= 0.3 is 0 Å². The number of nitrogens with zero attached hydrogens (tertiary/aromatic N) is 1. The third-order valence-electron chi connectivity index (χ3n) is 4.52. The topological polar surface area (TPSA) is 39.3 Å². The highest BCUT2D eigenvalue weighted by Crippen LogP contribution is 2.25. The van der Waals surface area contributed by atoms with Crippen molar-refractivity contribution in [3.63, 3.8) is 0 Å². The van der Waals surface area contributed by atoms with Gasteiger partial charge in [-0.1, -0.05) is 18.2 Å². The number of aromatic nitrogens is 1. The Hall–Kier alpha value is -1.58. The first-order valence-electron chi connectivity index (χ1n) is 7.85. The van der Waals surface area contributed by atoms with Gasteiger partial charge in [-0.15, -0.1) is 0 Å². The highest BCUT2D eigenvalue weighted by molar-refractivity contribution is 5.85. The summed E-state index contributed by atoms with van der Waals surface area (Å²) in [5.41, 5.74) is 3.84. The summed E-state index contributed by atoms with van der Waals surface area (Å²) >= 11 is 0. The van der Waals surface area contributed by atoms with Crippen molar-refractivity contribution in [1.29, 1.82) is 0 Å². The molecule has 1 aromatic heterocycles. The molecule has 3 rings (SSSR count). The van der Waals surface area contributed by atoms with Crippen LogP contribution >= 0.6 is 0 Å². The van der Waals surface area contributed by atoms with Crippen molar-refractivity contribution in [2.45, 2.75) is 31.7 Å². The number of hydrogen-bond donors (Lipinski definition) is 2. The average molecular weight is 284 g/mol. The lowest BCUT2D eigenvalue weighted by Gasteiger charge is -2.18. The quantitative estimate of drug-likeness (QED) is 0.885. The van der Waals surface area contributed by atoms with E-state index in [2.05, 4.69) is 47.4 Å². The summed E-state index contributed by atoms with van der Waals surface area (Å²) in [7, 11) is 2.23. The van der Waals surface area contributed by atoms with Gasteiger partial charge in [0.1, 0.15) is 0 Å². The normalized spacial score (nSPS) is 20.0. The molecule has 0 aliphatic carbocycles. The molecule has 3 nitrogen and oxygen atoms in total. The van der Waals surface area contributed by atoms with E-state index in [1.54, 1.807) is 0 Å². The predicted molar refractivity (Wildman–Crippen MR) is 88.4 cm³/mol. The molecule has 1 aromatic carbocycles. The first-order valence-corrected chi connectivity index (χ1v) is 7.85. The summed E-state index contributed by atoms with van der Waals surface area (Å²) in [4.78, 5) is 5.86. The minimum Gasteiger partial charge on any atom is -0.396 e. The maximum atomic E-state index is 8.85. The maximum absolute atomic E-state index is 8.85. The molecule has 2 N–H and O–H groups in total. The maximum Gasteiger partial charge on any atom is 0.0465 e. The van der Waals surface area contributed by atoms with E-state index in [0.29, 0.717) is 12.5 Å². The minimum absolute atomic E-state index is 0.210. The number of aliphatic hydroxyl groups is 1. The summed E-state index contributed by atoms with van der Waals surface area (Å²) in [5, 5.41) is 10.2. The highest BCUT2D eigenvalue weighted by Gasteiger charge is 2.21. The van der Waals surface area contributed by atoms with Crippen LogP contribution in [0.3, 0.4) is 0 Å². The lowest BCUT2D eigenvalue weighted by molar-refractivity contribution is 0.303. The molecular weight excluding hydrogens is 260 g/mol. The first kappa shape index (κ1) is 14.4. The number of likely N-dealkylation sites (tertiary alicyclic amines) is 1. The summed E-state index contributed by atoms with van der Waals surface area (Å²) in [6, 6.07) is 7.20. The number of H-pyrrole nitrogens is 1. The molecule has 2 aromatic rings. The number of likely N-dealkylation sites (N-methyl/N-ethyl adjacent to an activating group) is 1. The minimum atomic E-state index is 0.210. The Balaban J connectivity index is 1.83. The summed E-state index contributed by atoms with van der Waals surface area (Å²) in [6.07, 6.45) is 10.7. The predicted octanol–water partition coefficient (Wildman–Crippen LogP) is 3.20. The van der Waals surface area contributed by atoms with Crippen LogP contribution in [0.5, 0.6) is 0 Å². The molecule has 0 amide bonds. The van der Waals surface area contributed by atoms with Crippen LogP contribution in [0, 0.1) is 0 Å². The van der Waals surface area contributed by atoms with Crippen LogP contribution in [0.2, 0.25) is 0 Å². The molecule has 0 radical (unpaired) electrons. The molecule has 1 aliphatic heterocycles. The standard InChI is InChI=1S/C18H24N2O/c1-20-9-4-6-16(20)12-15-13-19-18-8-7-14(11-17(15)18)5-2-3-10-21/h2,5,7-8,11,13,16,19,21H,3-4,6,9-10,12H2,1H3/b5-2+/t16-/m1/s1. The Morgan fingerprint density at radius 3 is 3.10 bits per heavy atom. The second-order valence-corrected chi connectivity index (χ2v) is 6.01. The van der Waals surface area contributed by atoms with Crippen molar-refractivity contribution in [3.05, 3.63) is 41.6 Å². The van der Waals surface area contributed by atoms with E-state index in [9.17, 15) is 0 Å². The first-order chi connectivity index (χ1) is 10.3. The van der Waals surface area contributed by atoms with E-state index in [1.165, 1.54) is 41.4 Å². The molecule has 0 saturated carbocycles. The SMILES string of the molecule is CN1CCC[C@@H]1Cc1c[nH]c2ccc(/C=C/CCO)cc12. The highest BCUT2D eigenvalue weighted by atomic mass is 16.2. The molecule has 1 saturated heterocycles. The fraction of sp³-hybridized carbons (Fsp3) is 0.444. The van der Waals surface area contributed by atoms with Crippen molar-refractivity contribution < 1.29 is 5.11 Å². The van der Waals surface area contributed by atoms with E-state index in [0.717, 1.165) is 6.42 Å². The van der Waals surface area contributed by atoms with Gasteiger partial charge in [0.05, 0.1) is 0 Å². The van der Waals surface area contributed by atoms with E-state index >= 15 is 0 Å². The van der Waals surface area contributed by atoms with Crippen LogP contribution in [0.1, 0.15) is 30.4 Å². The van der Waals surface area contributed by atoms with Gasteiger partial charge in [-0.25, -0.2) is 0 Å². The average Bonchev–Trinajstić information content (AvgIpc) is 3.07. The number of rotatable bonds is 5. The molecule has 0 bridgehead atoms. The van der Waals surface area contributed by atoms with Crippen molar-refractivity contribution in [2.75, 3.05) is 20.2 Å². The zero-order valence-electron chi connectivity index (χ0n) is 12.7. The molecule has 0 unspecified atom stereocenters. The molecule has 1 aliphatic rings. The smallest absolute Gasteiger partial charge is 0.0465 e. The van der Waals surface area contributed by atoms with Gasteiger partial charge in [0, 0.05) is 29.7 Å². The molecule has 21 heavy (non-hydrogen) atoms. The van der Waals surface area contributed by atoms with Gasteiger partial charge in [0.2, 0.25) is 0 Å². The molecule has 112 valence electrons. The Morgan fingerprint density at radius 1 is 1.43 bits per heavy atom. The molecule has 1 fully saturated rings. The number of benzene rings is 1. The molecule has 1 atom stereocenters. The zero-order chi connectivity index (χ0) is 14.7. The number of fused-ring (bicyclic) bond motifs is 1. The molecule has 2 heterocycles. The number of hydrogen-bond acceptors (Lipinski definition) is 2. The fourth-order valence-electron chi connectivity index (χ4n) is 3.25. The van der Waals surface area contributed by atoms with Gasteiger partial charge in [-0.2, -0.15) is 0 Å². The van der Waals surface area contributed by atoms with Crippen LogP contribution in [0.25, 0.3) is 17.0 Å². The van der Waals surface area contributed by atoms with E-state index in [-0.39, 0.29) is 6.61 Å². The van der Waals surface area contributed by atoms with Crippen LogP contribution < -0.4 is 0 Å². The largest absolute Gasteiger partial charge is 0.396 e. The van der Waals surface area contributed by atoms with Crippen LogP contribution in [-0.2, 0) is 6.42 Å². The van der Waals surface area contributed by atoms with Crippen molar-refractivity contribution >= 4 is 17.0 Å². The molecule has 0 spiro atoms. The van der Waals surface area contributed by atoms with Crippen molar-refractivity contribution in [1.82, 2.24) is 9.88 Å². The van der Waals surface area contributed by atoms with Crippen LogP contribution in [0.4, 0.5) is 0 Å². The molecular formula is C18H24N2O. The summed E-state index contributed by atoms with van der Waals surface area (Å²) in [6.45, 7) is 1.43. The van der Waals surface area contributed by atoms with Gasteiger partial charge in [-0.3, -0.25) is 0 Å². The third-order valence-corrected chi connectivity index (χ3v) is 4.52. The van der Waals surface area contributed by atoms with Gasteiger partial charge in [-0.05, 0) is 62.5 Å². The van der Waals surface area contributed by atoms with E-state index < -0.39 is 0 Å². The van der Waals surface area contributed by atoms with Crippen LogP contribution in [-0.4, -0.2) is 41.2 Å². The van der Waals surface area contributed by atoms with Crippen molar-refractivity contribution in [3.8, 4) is 0 Å². The van der Waals surface area contributed by atoms with Gasteiger partial charge in [0.25, 0.3) is 0 Å². The Labute approximate surface area is 126 Å². The Bertz CT molecular complexity index is 629. The third kappa shape index (κ3) is 3.20. The van der Waals surface area contributed by atoms with E-state index in [1.807, 2.05) is 6.08 Å². The second kappa shape index (κ2) is 6.46. The summed E-state index contributed by atoms with van der Waals surface area (Å²) in [5.74, 6) is 0. The van der Waals surface area contributed by atoms with E-state index in [4.69, 9.17) is 5.11 Å². The Kier molecular flexibility index (Phi) is 4.42.